The van der Waals surface area contributed by atoms with E-state index in [1.54, 1.807) is 14.2 Å². The van der Waals surface area contributed by atoms with Gasteiger partial charge in [0.2, 0.25) is 0 Å². The fourth-order valence-corrected chi connectivity index (χ4v) is 4.74. The van der Waals surface area contributed by atoms with Crippen LogP contribution in [0.2, 0.25) is 0 Å². The molecule has 1 heterocycles. The zero-order valence-electron chi connectivity index (χ0n) is 23.1. The molecule has 8 heteroatoms. The number of nitrogens with zero attached hydrogens (tertiary/aromatic N) is 1. The third-order valence-electron chi connectivity index (χ3n) is 6.96. The molecule has 4 atom stereocenters. The van der Waals surface area contributed by atoms with E-state index in [1.807, 2.05) is 91.9 Å². The Hall–Kier alpha value is -2.82. The Kier molecular flexibility index (Phi) is 10.1. The summed E-state index contributed by atoms with van der Waals surface area (Å²) in [5.74, 6) is -0.984. The average Bonchev–Trinajstić information content (AvgIpc) is 2.96. The largest absolute Gasteiger partial charge is 0.497 e. The van der Waals surface area contributed by atoms with Crippen LogP contribution in [0.25, 0.3) is 0 Å². The number of hydrogen-bond acceptors (Lipinski definition) is 8. The molecule has 1 N–H and O–H groups in total. The predicted molar refractivity (Wildman–Crippen MR) is 147 cm³/mol. The van der Waals surface area contributed by atoms with Gasteiger partial charge in [0.05, 0.1) is 46.8 Å². The van der Waals surface area contributed by atoms with Crippen LogP contribution in [0.3, 0.4) is 0 Å². The van der Waals surface area contributed by atoms with Crippen LogP contribution in [0.5, 0.6) is 5.75 Å². The summed E-state index contributed by atoms with van der Waals surface area (Å²) < 4.78 is 30.7. The normalized spacial score (nSPS) is 25.1. The van der Waals surface area contributed by atoms with Gasteiger partial charge in [0.15, 0.2) is 0 Å². The lowest BCUT2D eigenvalue weighted by Crippen LogP contribution is -2.68. The van der Waals surface area contributed by atoms with Gasteiger partial charge in [-0.2, -0.15) is 0 Å². The van der Waals surface area contributed by atoms with Gasteiger partial charge >= 0.3 is 0 Å². The zero-order chi connectivity index (χ0) is 27.7. The van der Waals surface area contributed by atoms with Crippen LogP contribution >= 0.6 is 0 Å². The Morgan fingerprint density at radius 2 is 1.38 bits per heavy atom. The average molecular weight is 538 g/mol. The fraction of sp³-hybridized carbons (Fsp3) is 0.419. The molecule has 0 radical (unpaired) electrons. The molecule has 1 fully saturated rings. The van der Waals surface area contributed by atoms with Crippen LogP contribution in [0.4, 0.5) is 0 Å². The SMILES string of the molecule is COc1ccc(COCC2(C)OC(O)(N(C)OC)CC(OCc3ccccc3)[C@@H]2OCc2ccccc2)cc1. The Morgan fingerprint density at radius 3 is 1.95 bits per heavy atom. The summed E-state index contributed by atoms with van der Waals surface area (Å²) in [6, 6.07) is 27.5. The lowest BCUT2D eigenvalue weighted by Gasteiger charge is -2.52. The van der Waals surface area contributed by atoms with E-state index in [0.29, 0.717) is 19.8 Å². The molecular formula is C31H39NO7. The number of benzene rings is 3. The topological polar surface area (TPSA) is 78.9 Å². The smallest absolute Gasteiger partial charge is 0.252 e. The highest BCUT2D eigenvalue weighted by Crippen LogP contribution is 2.40. The number of hydroxylamine groups is 2. The van der Waals surface area contributed by atoms with Crippen LogP contribution in [0.1, 0.15) is 30.0 Å². The molecule has 4 rings (SSSR count). The van der Waals surface area contributed by atoms with E-state index >= 15 is 0 Å². The van der Waals surface area contributed by atoms with Gasteiger partial charge in [-0.1, -0.05) is 72.8 Å². The molecule has 0 aromatic heterocycles. The van der Waals surface area contributed by atoms with Crippen molar-refractivity contribution in [2.45, 2.75) is 56.9 Å². The van der Waals surface area contributed by atoms with Gasteiger partial charge in [-0.3, -0.25) is 4.84 Å². The van der Waals surface area contributed by atoms with Crippen LogP contribution < -0.4 is 4.74 Å². The molecule has 3 aromatic carbocycles. The number of methoxy groups -OCH3 is 1. The van der Waals surface area contributed by atoms with Gasteiger partial charge in [-0.15, -0.1) is 5.06 Å². The summed E-state index contributed by atoms with van der Waals surface area (Å²) in [7, 11) is 4.74. The summed E-state index contributed by atoms with van der Waals surface area (Å²) >= 11 is 0. The second-order valence-electron chi connectivity index (χ2n) is 9.94. The molecule has 0 spiro atoms. The van der Waals surface area contributed by atoms with Crippen molar-refractivity contribution in [2.24, 2.45) is 0 Å². The standard InChI is InChI=1S/C31H39NO7/c1-30(23-36-20-26-15-17-27(34-3)18-16-26)29(38-22-25-13-9-6-10-14-25)28(19-31(33,39-30)32(2)35-4)37-21-24-11-7-5-8-12-24/h5-18,28-29,33H,19-23H2,1-4H3/t28?,29-,30?,31?/m0/s1. The van der Waals surface area contributed by atoms with Crippen molar-refractivity contribution in [3.05, 3.63) is 102 Å². The first-order valence-electron chi connectivity index (χ1n) is 13.1. The van der Waals surface area contributed by atoms with E-state index in [9.17, 15) is 5.11 Å². The van der Waals surface area contributed by atoms with Gasteiger partial charge in [-0.25, -0.2) is 0 Å². The third kappa shape index (κ3) is 7.64. The van der Waals surface area contributed by atoms with Gasteiger partial charge in [0.25, 0.3) is 5.91 Å². The first kappa shape index (κ1) is 29.2. The summed E-state index contributed by atoms with van der Waals surface area (Å²) in [6.07, 6.45) is -0.972. The van der Waals surface area contributed by atoms with E-state index in [1.165, 1.54) is 12.2 Å². The van der Waals surface area contributed by atoms with Crippen LogP contribution in [-0.4, -0.2) is 61.8 Å². The highest BCUT2D eigenvalue weighted by molar-refractivity contribution is 5.26. The second kappa shape index (κ2) is 13.5. The van der Waals surface area contributed by atoms with Crippen molar-refractivity contribution in [1.29, 1.82) is 0 Å². The predicted octanol–water partition coefficient (Wildman–Crippen LogP) is 4.70. The minimum absolute atomic E-state index is 0.109. The summed E-state index contributed by atoms with van der Waals surface area (Å²) in [5.41, 5.74) is 1.95. The number of ether oxygens (including phenoxy) is 5. The van der Waals surface area contributed by atoms with Crippen molar-refractivity contribution < 1.29 is 33.6 Å². The summed E-state index contributed by atoms with van der Waals surface area (Å²) in [6.45, 7) is 3.08. The van der Waals surface area contributed by atoms with Gasteiger partial charge in [0, 0.05) is 13.5 Å². The molecule has 1 aliphatic rings. The lowest BCUT2D eigenvalue weighted by atomic mass is 9.88. The summed E-state index contributed by atoms with van der Waals surface area (Å²) in [4.78, 5) is 5.37. The fourth-order valence-electron chi connectivity index (χ4n) is 4.74. The van der Waals surface area contributed by atoms with E-state index < -0.39 is 23.7 Å². The molecule has 8 nitrogen and oxygen atoms in total. The van der Waals surface area contributed by atoms with Crippen molar-refractivity contribution in [3.8, 4) is 5.75 Å². The van der Waals surface area contributed by atoms with Crippen molar-refractivity contribution in [2.75, 3.05) is 27.9 Å². The van der Waals surface area contributed by atoms with Crippen LogP contribution in [-0.2, 0) is 43.6 Å². The molecule has 0 aliphatic carbocycles. The minimum Gasteiger partial charge on any atom is -0.497 e. The first-order valence-corrected chi connectivity index (χ1v) is 13.1. The third-order valence-corrected chi connectivity index (χ3v) is 6.96. The molecule has 0 amide bonds. The van der Waals surface area contributed by atoms with Gasteiger partial charge in [-0.05, 0) is 35.7 Å². The molecule has 1 aliphatic heterocycles. The maximum Gasteiger partial charge on any atom is 0.252 e. The molecule has 3 unspecified atom stereocenters. The zero-order valence-corrected chi connectivity index (χ0v) is 23.1. The quantitative estimate of drug-likeness (QED) is 0.248. The second-order valence-corrected chi connectivity index (χ2v) is 9.94. The van der Waals surface area contributed by atoms with Crippen molar-refractivity contribution in [3.63, 3.8) is 0 Å². The van der Waals surface area contributed by atoms with Crippen molar-refractivity contribution in [1.82, 2.24) is 5.06 Å². The van der Waals surface area contributed by atoms with Crippen molar-refractivity contribution >= 4 is 0 Å². The molecule has 0 bridgehead atoms. The Morgan fingerprint density at radius 1 is 0.821 bits per heavy atom. The Bertz CT molecular complexity index is 1130. The number of rotatable bonds is 13. The van der Waals surface area contributed by atoms with E-state index in [0.717, 1.165) is 22.4 Å². The highest BCUT2D eigenvalue weighted by Gasteiger charge is 2.56. The minimum atomic E-state index is -1.76. The van der Waals surface area contributed by atoms with Gasteiger partial charge in [0.1, 0.15) is 17.5 Å². The Balaban J connectivity index is 1.57. The lowest BCUT2D eigenvalue weighted by molar-refractivity contribution is -0.447. The van der Waals surface area contributed by atoms with E-state index in [-0.39, 0.29) is 13.0 Å². The maximum atomic E-state index is 11.6. The van der Waals surface area contributed by atoms with E-state index in [2.05, 4.69) is 0 Å². The maximum absolute atomic E-state index is 11.6. The molecule has 3 aromatic rings. The van der Waals surface area contributed by atoms with Gasteiger partial charge < -0.3 is 28.8 Å². The monoisotopic (exact) mass is 537 g/mol. The molecule has 0 saturated carbocycles. The van der Waals surface area contributed by atoms with E-state index in [4.69, 9.17) is 28.5 Å². The first-order chi connectivity index (χ1) is 18.8. The molecule has 210 valence electrons. The Labute approximate surface area is 230 Å². The number of aliphatic hydroxyl groups is 1. The molecule has 39 heavy (non-hydrogen) atoms. The summed E-state index contributed by atoms with van der Waals surface area (Å²) in [5, 5.41) is 12.9. The van der Waals surface area contributed by atoms with Crippen LogP contribution in [0, 0.1) is 0 Å². The highest BCUT2D eigenvalue weighted by atomic mass is 16.8. The molecular weight excluding hydrogens is 498 g/mol. The molecule has 1 saturated heterocycles. The number of hydrogen-bond donors (Lipinski definition) is 1. The van der Waals surface area contributed by atoms with Crippen LogP contribution in [0.15, 0.2) is 84.9 Å².